The number of urea groups is 1. The molecule has 6 nitrogen and oxygen atoms in total. The van der Waals surface area contributed by atoms with Crippen LogP contribution < -0.4 is 5.32 Å². The van der Waals surface area contributed by atoms with E-state index in [1.54, 1.807) is 0 Å². The van der Waals surface area contributed by atoms with E-state index in [1.165, 1.54) is 4.90 Å². The zero-order chi connectivity index (χ0) is 13.4. The molecule has 1 heterocycles. The van der Waals surface area contributed by atoms with Crippen LogP contribution in [-0.2, 0) is 9.53 Å². The predicted molar refractivity (Wildman–Crippen MR) is 66.4 cm³/mol. The van der Waals surface area contributed by atoms with Crippen molar-refractivity contribution >= 4 is 12.0 Å². The molecule has 6 heteroatoms. The van der Waals surface area contributed by atoms with E-state index < -0.39 is 5.97 Å². The van der Waals surface area contributed by atoms with E-state index in [0.29, 0.717) is 19.0 Å². The van der Waals surface area contributed by atoms with Crippen molar-refractivity contribution in [3.8, 4) is 0 Å². The van der Waals surface area contributed by atoms with Gasteiger partial charge >= 0.3 is 12.0 Å². The van der Waals surface area contributed by atoms with Gasteiger partial charge in [-0.1, -0.05) is 6.92 Å². The largest absolute Gasteiger partial charge is 0.480 e. The Morgan fingerprint density at radius 2 is 2.28 bits per heavy atom. The Kier molecular flexibility index (Phi) is 6.49. The molecular weight excluding hydrogens is 236 g/mol. The summed E-state index contributed by atoms with van der Waals surface area (Å²) >= 11 is 0. The number of carbonyl (C=O) groups is 2. The lowest BCUT2D eigenvalue weighted by Gasteiger charge is -2.20. The van der Waals surface area contributed by atoms with Crippen molar-refractivity contribution in [3.63, 3.8) is 0 Å². The average Bonchev–Trinajstić information content (AvgIpc) is 2.81. The third kappa shape index (κ3) is 5.35. The van der Waals surface area contributed by atoms with Gasteiger partial charge in [-0.2, -0.15) is 0 Å². The van der Waals surface area contributed by atoms with Gasteiger partial charge in [0.2, 0.25) is 0 Å². The predicted octanol–water partition coefficient (Wildman–Crippen LogP) is 0.919. The maximum absolute atomic E-state index is 11.8. The van der Waals surface area contributed by atoms with Crippen molar-refractivity contribution in [3.05, 3.63) is 0 Å². The number of carbonyl (C=O) groups excluding carboxylic acids is 1. The maximum Gasteiger partial charge on any atom is 0.323 e. The molecule has 0 bridgehead atoms. The quantitative estimate of drug-likeness (QED) is 0.711. The van der Waals surface area contributed by atoms with E-state index in [9.17, 15) is 9.59 Å². The molecule has 0 aliphatic carbocycles. The van der Waals surface area contributed by atoms with Gasteiger partial charge in [0.25, 0.3) is 0 Å². The van der Waals surface area contributed by atoms with Crippen molar-refractivity contribution < 1.29 is 19.4 Å². The fourth-order valence-corrected chi connectivity index (χ4v) is 1.99. The SMILES string of the molecule is CCCN(CC(=O)O)C(=O)NCCC1CCOC1. The number of hydrogen-bond acceptors (Lipinski definition) is 3. The van der Waals surface area contributed by atoms with E-state index >= 15 is 0 Å². The van der Waals surface area contributed by atoms with Gasteiger partial charge in [0, 0.05) is 26.3 Å². The van der Waals surface area contributed by atoms with E-state index in [4.69, 9.17) is 9.84 Å². The Morgan fingerprint density at radius 1 is 1.50 bits per heavy atom. The highest BCUT2D eigenvalue weighted by molar-refractivity contribution is 5.80. The van der Waals surface area contributed by atoms with E-state index in [1.807, 2.05) is 6.92 Å². The summed E-state index contributed by atoms with van der Waals surface area (Å²) in [6.45, 7) is 4.28. The molecule has 0 saturated carbocycles. The second-order valence-electron chi connectivity index (χ2n) is 4.57. The molecule has 0 aromatic rings. The van der Waals surface area contributed by atoms with Gasteiger partial charge in [-0.15, -0.1) is 0 Å². The molecule has 1 aliphatic rings. The molecule has 0 aromatic heterocycles. The number of amides is 2. The van der Waals surface area contributed by atoms with Crippen LogP contribution in [0, 0.1) is 5.92 Å². The molecule has 1 saturated heterocycles. The second kappa shape index (κ2) is 7.92. The summed E-state index contributed by atoms with van der Waals surface area (Å²) in [5, 5.41) is 11.5. The first kappa shape index (κ1) is 14.8. The first-order valence-electron chi connectivity index (χ1n) is 6.45. The summed E-state index contributed by atoms with van der Waals surface area (Å²) < 4.78 is 5.25. The van der Waals surface area contributed by atoms with Crippen LogP contribution in [0.1, 0.15) is 26.2 Å². The molecule has 18 heavy (non-hydrogen) atoms. The number of hydrogen-bond donors (Lipinski definition) is 2. The molecule has 1 atom stereocenters. The van der Waals surface area contributed by atoms with Crippen LogP contribution in [0.3, 0.4) is 0 Å². The number of carboxylic acids is 1. The summed E-state index contributed by atoms with van der Waals surface area (Å²) in [5.41, 5.74) is 0. The molecule has 2 N–H and O–H groups in total. The van der Waals surface area contributed by atoms with Gasteiger partial charge in [0.1, 0.15) is 6.54 Å². The van der Waals surface area contributed by atoms with Crippen LogP contribution >= 0.6 is 0 Å². The number of nitrogens with one attached hydrogen (secondary N) is 1. The lowest BCUT2D eigenvalue weighted by Crippen LogP contribution is -2.43. The van der Waals surface area contributed by atoms with Gasteiger partial charge in [-0.05, 0) is 25.2 Å². The molecule has 2 amide bonds. The summed E-state index contributed by atoms with van der Waals surface area (Å²) in [7, 11) is 0. The Hall–Kier alpha value is -1.30. The van der Waals surface area contributed by atoms with Crippen molar-refractivity contribution in [1.82, 2.24) is 10.2 Å². The first-order valence-corrected chi connectivity index (χ1v) is 6.45. The molecule has 1 aliphatic heterocycles. The van der Waals surface area contributed by atoms with Crippen LogP contribution in [-0.4, -0.2) is 54.9 Å². The van der Waals surface area contributed by atoms with Crippen molar-refractivity contribution in [2.45, 2.75) is 26.2 Å². The Bertz CT molecular complexity index is 277. The highest BCUT2D eigenvalue weighted by Gasteiger charge is 2.18. The summed E-state index contributed by atoms with van der Waals surface area (Å²) in [6, 6.07) is -0.293. The molecule has 0 aromatic carbocycles. The van der Waals surface area contributed by atoms with Crippen LogP contribution in [0.4, 0.5) is 4.79 Å². The number of ether oxygens (including phenoxy) is 1. The third-order valence-corrected chi connectivity index (χ3v) is 2.96. The molecule has 1 fully saturated rings. The first-order chi connectivity index (χ1) is 8.63. The number of aliphatic carboxylic acids is 1. The fraction of sp³-hybridized carbons (Fsp3) is 0.833. The number of carboxylic acid groups (broad SMARTS) is 1. The molecule has 1 unspecified atom stereocenters. The lowest BCUT2D eigenvalue weighted by molar-refractivity contribution is -0.137. The van der Waals surface area contributed by atoms with E-state index in [-0.39, 0.29) is 12.6 Å². The monoisotopic (exact) mass is 258 g/mol. The van der Waals surface area contributed by atoms with Gasteiger partial charge in [0.15, 0.2) is 0 Å². The standard InChI is InChI=1S/C12H22N2O4/c1-2-6-14(8-11(15)16)12(17)13-5-3-10-4-7-18-9-10/h10H,2-9H2,1H3,(H,13,17)(H,15,16). The van der Waals surface area contributed by atoms with E-state index in [2.05, 4.69) is 5.32 Å². The minimum absolute atomic E-state index is 0.244. The van der Waals surface area contributed by atoms with E-state index in [0.717, 1.165) is 32.5 Å². The Labute approximate surface area is 107 Å². The van der Waals surface area contributed by atoms with Crippen LogP contribution in [0.5, 0.6) is 0 Å². The lowest BCUT2D eigenvalue weighted by atomic mass is 10.1. The minimum Gasteiger partial charge on any atom is -0.480 e. The average molecular weight is 258 g/mol. The summed E-state index contributed by atoms with van der Waals surface area (Å²) in [4.78, 5) is 23.7. The highest BCUT2D eigenvalue weighted by atomic mass is 16.5. The van der Waals surface area contributed by atoms with Crippen molar-refractivity contribution in [1.29, 1.82) is 0 Å². The summed E-state index contributed by atoms with van der Waals surface area (Å²) in [5.74, 6) is -0.466. The number of rotatable bonds is 7. The molecule has 0 spiro atoms. The second-order valence-corrected chi connectivity index (χ2v) is 4.57. The van der Waals surface area contributed by atoms with Gasteiger partial charge in [0.05, 0.1) is 0 Å². The molecule has 104 valence electrons. The number of nitrogens with zero attached hydrogens (tertiary/aromatic N) is 1. The normalized spacial score (nSPS) is 18.6. The zero-order valence-corrected chi connectivity index (χ0v) is 10.9. The molecule has 0 radical (unpaired) electrons. The minimum atomic E-state index is -0.984. The van der Waals surface area contributed by atoms with Gasteiger partial charge in [-0.25, -0.2) is 4.79 Å². The van der Waals surface area contributed by atoms with Gasteiger partial charge < -0.3 is 20.1 Å². The Balaban J connectivity index is 2.24. The van der Waals surface area contributed by atoms with Crippen LogP contribution in [0.2, 0.25) is 0 Å². The zero-order valence-electron chi connectivity index (χ0n) is 10.9. The topological polar surface area (TPSA) is 78.9 Å². The highest BCUT2D eigenvalue weighted by Crippen LogP contribution is 2.15. The Morgan fingerprint density at radius 3 is 2.83 bits per heavy atom. The van der Waals surface area contributed by atoms with Crippen molar-refractivity contribution in [2.75, 3.05) is 32.8 Å². The molecule has 1 rings (SSSR count). The van der Waals surface area contributed by atoms with Crippen molar-refractivity contribution in [2.24, 2.45) is 5.92 Å². The smallest absolute Gasteiger partial charge is 0.323 e. The fourth-order valence-electron chi connectivity index (χ4n) is 1.99. The van der Waals surface area contributed by atoms with Gasteiger partial charge in [-0.3, -0.25) is 4.79 Å². The van der Waals surface area contributed by atoms with Crippen LogP contribution in [0.15, 0.2) is 0 Å². The maximum atomic E-state index is 11.8. The third-order valence-electron chi connectivity index (χ3n) is 2.96. The summed E-state index contributed by atoms with van der Waals surface area (Å²) in [6.07, 6.45) is 2.68. The molecular formula is C12H22N2O4. The van der Waals surface area contributed by atoms with Crippen LogP contribution in [0.25, 0.3) is 0 Å².